The Morgan fingerprint density at radius 2 is 1.96 bits per heavy atom. The highest BCUT2D eigenvalue weighted by atomic mass is 127. The minimum absolute atomic E-state index is 0.0816. The fourth-order valence-corrected chi connectivity index (χ4v) is 2.51. The van der Waals surface area contributed by atoms with E-state index in [4.69, 9.17) is 5.26 Å². The lowest BCUT2D eigenvalue weighted by Crippen LogP contribution is -2.23. The molecule has 1 amide bonds. The summed E-state index contributed by atoms with van der Waals surface area (Å²) >= 11 is 1.85. The van der Waals surface area contributed by atoms with Crippen molar-refractivity contribution in [1.29, 1.82) is 5.26 Å². The zero-order chi connectivity index (χ0) is 16.8. The van der Waals surface area contributed by atoms with Crippen molar-refractivity contribution < 1.29 is 15.0 Å². The lowest BCUT2D eigenvalue weighted by Gasteiger charge is -2.05. The van der Waals surface area contributed by atoms with E-state index in [0.717, 1.165) is 5.56 Å². The molecule has 0 saturated carbocycles. The third-order valence-electron chi connectivity index (χ3n) is 3.04. The SMILES string of the molecule is N#CC(=Cc1cc(O)c(O)c(I)c1)C(=O)NCc1ccccc1. The summed E-state index contributed by atoms with van der Waals surface area (Å²) in [6, 6.07) is 14.1. The van der Waals surface area contributed by atoms with Gasteiger partial charge in [0.15, 0.2) is 11.5 Å². The molecule has 0 aliphatic heterocycles. The topological polar surface area (TPSA) is 93.3 Å². The molecule has 0 fully saturated rings. The van der Waals surface area contributed by atoms with Crippen molar-refractivity contribution in [2.24, 2.45) is 0 Å². The van der Waals surface area contributed by atoms with Gasteiger partial charge in [-0.3, -0.25) is 4.79 Å². The molecule has 23 heavy (non-hydrogen) atoms. The largest absolute Gasteiger partial charge is 0.504 e. The summed E-state index contributed by atoms with van der Waals surface area (Å²) in [5.74, 6) is -1.03. The number of benzene rings is 2. The van der Waals surface area contributed by atoms with Gasteiger partial charge in [0.1, 0.15) is 11.6 Å². The first-order valence-corrected chi connectivity index (χ1v) is 7.74. The van der Waals surface area contributed by atoms with E-state index in [-0.39, 0.29) is 17.1 Å². The highest BCUT2D eigenvalue weighted by molar-refractivity contribution is 14.1. The molecule has 0 unspecified atom stereocenters. The van der Waals surface area contributed by atoms with Gasteiger partial charge in [0.25, 0.3) is 5.91 Å². The number of nitriles is 1. The van der Waals surface area contributed by atoms with Gasteiger partial charge < -0.3 is 15.5 Å². The van der Waals surface area contributed by atoms with E-state index >= 15 is 0 Å². The average Bonchev–Trinajstić information content (AvgIpc) is 2.56. The molecule has 0 aliphatic carbocycles. The molecule has 0 radical (unpaired) electrons. The van der Waals surface area contributed by atoms with E-state index in [1.165, 1.54) is 12.1 Å². The fourth-order valence-electron chi connectivity index (χ4n) is 1.88. The molecule has 0 saturated heterocycles. The average molecular weight is 420 g/mol. The molecule has 2 aromatic rings. The first kappa shape index (κ1) is 16.8. The molecule has 2 aromatic carbocycles. The number of aromatic hydroxyl groups is 2. The summed E-state index contributed by atoms with van der Waals surface area (Å²) in [6.45, 7) is 0.317. The van der Waals surface area contributed by atoms with Gasteiger partial charge in [0.05, 0.1) is 3.57 Å². The smallest absolute Gasteiger partial charge is 0.262 e. The van der Waals surface area contributed by atoms with Crippen molar-refractivity contribution in [2.45, 2.75) is 6.54 Å². The first-order chi connectivity index (χ1) is 11.0. The van der Waals surface area contributed by atoms with Crippen LogP contribution in [0.1, 0.15) is 11.1 Å². The van der Waals surface area contributed by atoms with Gasteiger partial charge >= 0.3 is 0 Å². The van der Waals surface area contributed by atoms with Crippen molar-refractivity contribution in [2.75, 3.05) is 0 Å². The number of phenolic OH excluding ortho intramolecular Hbond substituents is 2. The molecule has 0 bridgehead atoms. The molecule has 5 nitrogen and oxygen atoms in total. The molecule has 6 heteroatoms. The van der Waals surface area contributed by atoms with Crippen LogP contribution in [0.5, 0.6) is 11.5 Å². The minimum Gasteiger partial charge on any atom is -0.504 e. The highest BCUT2D eigenvalue weighted by Crippen LogP contribution is 2.32. The predicted octanol–water partition coefficient (Wildman–Crippen LogP) is 2.93. The maximum atomic E-state index is 12.1. The van der Waals surface area contributed by atoms with E-state index in [2.05, 4.69) is 5.32 Å². The van der Waals surface area contributed by atoms with Crippen LogP contribution in [0.15, 0.2) is 48.0 Å². The Bertz CT molecular complexity index is 772. The molecule has 0 aliphatic rings. The van der Waals surface area contributed by atoms with Crippen LogP contribution < -0.4 is 5.32 Å². The van der Waals surface area contributed by atoms with Crippen LogP contribution in [0.2, 0.25) is 0 Å². The van der Waals surface area contributed by atoms with Crippen LogP contribution in [0.3, 0.4) is 0 Å². The Hall–Kier alpha value is -2.53. The number of hydrogen-bond acceptors (Lipinski definition) is 4. The molecule has 0 atom stereocenters. The summed E-state index contributed by atoms with van der Waals surface area (Å²) in [5, 5.41) is 30.9. The van der Waals surface area contributed by atoms with E-state index in [1.54, 1.807) is 6.07 Å². The van der Waals surface area contributed by atoms with Gasteiger partial charge in [0, 0.05) is 6.54 Å². The van der Waals surface area contributed by atoms with Crippen LogP contribution in [0, 0.1) is 14.9 Å². The lowest BCUT2D eigenvalue weighted by molar-refractivity contribution is -0.117. The zero-order valence-electron chi connectivity index (χ0n) is 12.0. The molecule has 2 rings (SSSR count). The van der Waals surface area contributed by atoms with Crippen molar-refractivity contribution in [3.63, 3.8) is 0 Å². The summed E-state index contributed by atoms with van der Waals surface area (Å²) in [4.78, 5) is 12.1. The summed E-state index contributed by atoms with van der Waals surface area (Å²) in [7, 11) is 0. The maximum Gasteiger partial charge on any atom is 0.262 e. The molecule has 3 N–H and O–H groups in total. The van der Waals surface area contributed by atoms with Crippen LogP contribution in [-0.4, -0.2) is 16.1 Å². The van der Waals surface area contributed by atoms with Gasteiger partial charge in [0.2, 0.25) is 0 Å². The standard InChI is InChI=1S/C17H13IN2O3/c18-14-7-12(8-15(21)16(14)22)6-13(9-19)17(23)20-10-11-4-2-1-3-5-11/h1-8,21-22H,10H2,(H,20,23). The predicted molar refractivity (Wildman–Crippen MR) is 94.4 cm³/mol. The number of nitrogens with one attached hydrogen (secondary N) is 1. The Morgan fingerprint density at radius 1 is 1.26 bits per heavy atom. The molecule has 0 heterocycles. The Morgan fingerprint density at radius 3 is 2.57 bits per heavy atom. The van der Waals surface area contributed by atoms with E-state index in [0.29, 0.717) is 15.7 Å². The summed E-state index contributed by atoms with van der Waals surface area (Å²) in [5.41, 5.74) is 1.30. The number of carbonyl (C=O) groups excluding carboxylic acids is 1. The fraction of sp³-hybridized carbons (Fsp3) is 0.0588. The third-order valence-corrected chi connectivity index (χ3v) is 3.86. The molecule has 0 aromatic heterocycles. The minimum atomic E-state index is -0.501. The van der Waals surface area contributed by atoms with Crippen LogP contribution in [0.25, 0.3) is 6.08 Å². The zero-order valence-corrected chi connectivity index (χ0v) is 14.1. The molecular formula is C17H13IN2O3. The summed E-state index contributed by atoms with van der Waals surface area (Å²) < 4.78 is 0.427. The number of hydrogen-bond donors (Lipinski definition) is 3. The number of nitrogens with zero attached hydrogens (tertiary/aromatic N) is 1. The first-order valence-electron chi connectivity index (χ1n) is 6.66. The second kappa shape index (κ2) is 7.65. The number of carbonyl (C=O) groups is 1. The summed E-state index contributed by atoms with van der Waals surface area (Å²) in [6.07, 6.45) is 1.36. The van der Waals surface area contributed by atoms with Crippen molar-refractivity contribution >= 4 is 34.6 Å². The third kappa shape index (κ3) is 4.47. The van der Waals surface area contributed by atoms with Gasteiger partial charge in [-0.1, -0.05) is 30.3 Å². The second-order valence-electron chi connectivity index (χ2n) is 4.71. The number of amides is 1. The quantitative estimate of drug-likeness (QED) is 0.307. The monoisotopic (exact) mass is 420 g/mol. The van der Waals surface area contributed by atoms with Crippen molar-refractivity contribution in [1.82, 2.24) is 5.32 Å². The number of phenols is 2. The van der Waals surface area contributed by atoms with E-state index in [9.17, 15) is 15.0 Å². The Balaban J connectivity index is 2.15. The number of halogens is 1. The van der Waals surface area contributed by atoms with Crippen LogP contribution in [-0.2, 0) is 11.3 Å². The lowest BCUT2D eigenvalue weighted by atomic mass is 10.1. The van der Waals surface area contributed by atoms with Gasteiger partial charge in [-0.2, -0.15) is 5.26 Å². The highest BCUT2D eigenvalue weighted by Gasteiger charge is 2.11. The van der Waals surface area contributed by atoms with Gasteiger partial charge in [-0.05, 0) is 51.9 Å². The Labute approximate surface area is 147 Å². The molecule has 0 spiro atoms. The van der Waals surface area contributed by atoms with Crippen LogP contribution in [0.4, 0.5) is 0 Å². The Kier molecular flexibility index (Phi) is 5.60. The van der Waals surface area contributed by atoms with Crippen LogP contribution >= 0.6 is 22.6 Å². The van der Waals surface area contributed by atoms with Gasteiger partial charge in [-0.15, -0.1) is 0 Å². The molecule has 116 valence electrons. The van der Waals surface area contributed by atoms with Gasteiger partial charge in [-0.25, -0.2) is 0 Å². The van der Waals surface area contributed by atoms with Crippen molar-refractivity contribution in [3.8, 4) is 17.6 Å². The normalized spacial score (nSPS) is 10.9. The molecular weight excluding hydrogens is 407 g/mol. The second-order valence-corrected chi connectivity index (χ2v) is 5.87. The van der Waals surface area contributed by atoms with E-state index < -0.39 is 5.91 Å². The van der Waals surface area contributed by atoms with E-state index in [1.807, 2.05) is 59.0 Å². The number of rotatable bonds is 4. The maximum absolute atomic E-state index is 12.1. The van der Waals surface area contributed by atoms with Crippen molar-refractivity contribution in [3.05, 3.63) is 62.7 Å².